The van der Waals surface area contributed by atoms with Crippen LogP contribution in [0.25, 0.3) is 0 Å². The van der Waals surface area contributed by atoms with Crippen LogP contribution in [0.5, 0.6) is 5.75 Å². The summed E-state index contributed by atoms with van der Waals surface area (Å²) in [5.41, 5.74) is -1.70. The van der Waals surface area contributed by atoms with E-state index in [1.54, 1.807) is 0 Å². The van der Waals surface area contributed by atoms with Crippen molar-refractivity contribution in [3.8, 4) is 5.75 Å². The van der Waals surface area contributed by atoms with Crippen molar-refractivity contribution in [3.05, 3.63) is 87.0 Å². The number of hydrogen-bond acceptors (Lipinski definition) is 9. The molecule has 2 N–H and O–H groups in total. The molecule has 0 radical (unpaired) electrons. The molecule has 0 spiro atoms. The van der Waals surface area contributed by atoms with Crippen LogP contribution in [0.1, 0.15) is 0 Å². The molecule has 15 heteroatoms. The lowest BCUT2D eigenvalue weighted by molar-refractivity contribution is -0.384. The monoisotopic (exact) mass is 508 g/mol. The zero-order valence-corrected chi connectivity index (χ0v) is 18.9. The SMILES string of the molecule is COc1ccc(S(=O)(=O)Nc2ccccc2[N+](=O)[O-])cc1S(=O)(=O)Nc1ccccc1[N+](=O)[O-]. The number of ether oxygens (including phenoxy) is 1. The van der Waals surface area contributed by atoms with Crippen LogP contribution in [0.2, 0.25) is 0 Å². The molecule has 0 aromatic heterocycles. The second kappa shape index (κ2) is 9.32. The van der Waals surface area contributed by atoms with Crippen molar-refractivity contribution in [2.75, 3.05) is 16.6 Å². The first-order valence-corrected chi connectivity index (χ1v) is 12.1. The van der Waals surface area contributed by atoms with E-state index in [1.807, 2.05) is 0 Å². The van der Waals surface area contributed by atoms with Crippen molar-refractivity contribution in [1.82, 2.24) is 0 Å². The van der Waals surface area contributed by atoms with Crippen molar-refractivity contribution in [3.63, 3.8) is 0 Å². The standard InChI is InChI=1S/C19H16N4O9S2/c1-32-18-11-10-13(33(28,29)20-14-6-2-4-8-16(14)22(24)25)12-19(18)34(30,31)21-15-7-3-5-9-17(15)23(26)27/h2-12,20-21H,1H3. The van der Waals surface area contributed by atoms with Crippen LogP contribution < -0.4 is 14.2 Å². The normalized spacial score (nSPS) is 11.4. The Morgan fingerprint density at radius 3 is 1.68 bits per heavy atom. The molecule has 0 aliphatic carbocycles. The zero-order chi connectivity index (χ0) is 25.1. The molecule has 3 aromatic carbocycles. The Labute approximate surface area is 193 Å². The van der Waals surface area contributed by atoms with Gasteiger partial charge in [-0.15, -0.1) is 0 Å². The van der Waals surface area contributed by atoms with Gasteiger partial charge in [-0.05, 0) is 30.3 Å². The highest BCUT2D eigenvalue weighted by Crippen LogP contribution is 2.32. The van der Waals surface area contributed by atoms with E-state index < -0.39 is 51.1 Å². The predicted octanol–water partition coefficient (Wildman–Crippen LogP) is 3.11. The number of methoxy groups -OCH3 is 1. The number of rotatable bonds is 9. The quantitative estimate of drug-likeness (QED) is 0.323. The van der Waals surface area contributed by atoms with Gasteiger partial charge in [0.25, 0.3) is 31.4 Å². The fraction of sp³-hybridized carbons (Fsp3) is 0.0526. The van der Waals surface area contributed by atoms with Crippen molar-refractivity contribution >= 4 is 42.8 Å². The number of nitro benzene ring substituents is 2. The van der Waals surface area contributed by atoms with E-state index >= 15 is 0 Å². The molecule has 178 valence electrons. The number of nitro groups is 2. The molecule has 0 bridgehead atoms. The number of nitrogens with zero attached hydrogens (tertiary/aromatic N) is 2. The molecule has 13 nitrogen and oxygen atoms in total. The third kappa shape index (κ3) is 5.05. The van der Waals surface area contributed by atoms with Gasteiger partial charge in [0.05, 0.1) is 21.9 Å². The van der Waals surface area contributed by atoms with E-state index in [1.165, 1.54) is 36.4 Å². The first-order valence-electron chi connectivity index (χ1n) is 9.17. The van der Waals surface area contributed by atoms with Crippen LogP contribution in [0, 0.1) is 20.2 Å². The van der Waals surface area contributed by atoms with Gasteiger partial charge in [0.15, 0.2) is 0 Å². The molecule has 34 heavy (non-hydrogen) atoms. The Hall–Kier alpha value is -4.24. The van der Waals surface area contributed by atoms with E-state index in [-0.39, 0.29) is 17.1 Å². The Morgan fingerprint density at radius 1 is 0.735 bits per heavy atom. The summed E-state index contributed by atoms with van der Waals surface area (Å²) < 4.78 is 60.9. The van der Waals surface area contributed by atoms with Crippen LogP contribution in [0.15, 0.2) is 76.5 Å². The van der Waals surface area contributed by atoms with Gasteiger partial charge in [-0.2, -0.15) is 0 Å². The average Bonchev–Trinajstić information content (AvgIpc) is 2.78. The van der Waals surface area contributed by atoms with Crippen LogP contribution in [0.4, 0.5) is 22.7 Å². The maximum Gasteiger partial charge on any atom is 0.293 e. The molecule has 3 rings (SSSR count). The van der Waals surface area contributed by atoms with Gasteiger partial charge in [-0.1, -0.05) is 24.3 Å². The minimum absolute atomic E-state index is 0.240. The average molecular weight is 508 g/mol. The van der Waals surface area contributed by atoms with E-state index in [4.69, 9.17) is 4.74 Å². The fourth-order valence-corrected chi connectivity index (χ4v) is 5.32. The van der Waals surface area contributed by atoms with E-state index in [9.17, 15) is 37.1 Å². The Bertz CT molecular complexity index is 1490. The Kier molecular flexibility index (Phi) is 6.69. The van der Waals surface area contributed by atoms with Gasteiger partial charge in [0, 0.05) is 12.1 Å². The maximum atomic E-state index is 13.0. The van der Waals surface area contributed by atoms with Crippen LogP contribution in [-0.2, 0) is 20.0 Å². The molecule has 0 aliphatic rings. The molecule has 0 fully saturated rings. The summed E-state index contributed by atoms with van der Waals surface area (Å²) in [5, 5.41) is 22.4. The number of para-hydroxylation sites is 4. The molecule has 0 amide bonds. The summed E-state index contributed by atoms with van der Waals surface area (Å²) in [4.78, 5) is 19.7. The zero-order valence-electron chi connectivity index (χ0n) is 17.2. The highest BCUT2D eigenvalue weighted by atomic mass is 32.2. The highest BCUT2D eigenvalue weighted by Gasteiger charge is 2.27. The molecule has 0 heterocycles. The fourth-order valence-electron chi connectivity index (χ4n) is 2.88. The first kappa shape index (κ1) is 24.4. The van der Waals surface area contributed by atoms with E-state index in [2.05, 4.69) is 9.44 Å². The van der Waals surface area contributed by atoms with Crippen LogP contribution >= 0.6 is 0 Å². The smallest absolute Gasteiger partial charge is 0.293 e. The van der Waals surface area contributed by atoms with Gasteiger partial charge in [0.1, 0.15) is 22.0 Å². The molecule has 0 saturated carbocycles. The van der Waals surface area contributed by atoms with Crippen molar-refractivity contribution in [1.29, 1.82) is 0 Å². The summed E-state index contributed by atoms with van der Waals surface area (Å²) in [6.45, 7) is 0. The van der Waals surface area contributed by atoms with Gasteiger partial charge >= 0.3 is 0 Å². The van der Waals surface area contributed by atoms with Gasteiger partial charge < -0.3 is 4.74 Å². The number of anilines is 2. The molecule has 0 unspecified atom stereocenters. The molecule has 0 aliphatic heterocycles. The second-order valence-electron chi connectivity index (χ2n) is 6.57. The highest BCUT2D eigenvalue weighted by molar-refractivity contribution is 7.93. The van der Waals surface area contributed by atoms with Crippen molar-refractivity contribution in [2.45, 2.75) is 9.79 Å². The van der Waals surface area contributed by atoms with Crippen molar-refractivity contribution in [2.24, 2.45) is 0 Å². The number of hydrogen-bond donors (Lipinski definition) is 2. The summed E-state index contributed by atoms with van der Waals surface area (Å²) in [7, 11) is -7.90. The lowest BCUT2D eigenvalue weighted by Crippen LogP contribution is -2.18. The number of benzene rings is 3. The number of sulfonamides is 2. The number of nitrogens with one attached hydrogen (secondary N) is 2. The molecule has 0 saturated heterocycles. The maximum absolute atomic E-state index is 13.0. The van der Waals surface area contributed by atoms with E-state index in [0.717, 1.165) is 37.4 Å². The summed E-state index contributed by atoms with van der Waals surface area (Å²) in [6.07, 6.45) is 0. The second-order valence-corrected chi connectivity index (χ2v) is 9.91. The molecule has 0 atom stereocenters. The lowest BCUT2D eigenvalue weighted by Gasteiger charge is -2.14. The van der Waals surface area contributed by atoms with Gasteiger partial charge in [-0.25, -0.2) is 16.8 Å². The molecular formula is C19H16N4O9S2. The molecular weight excluding hydrogens is 492 g/mol. The largest absolute Gasteiger partial charge is 0.495 e. The Balaban J connectivity index is 2.06. The first-order chi connectivity index (χ1) is 16.0. The third-order valence-electron chi connectivity index (χ3n) is 4.43. The topological polar surface area (TPSA) is 188 Å². The van der Waals surface area contributed by atoms with Gasteiger partial charge in [0.2, 0.25) is 0 Å². The van der Waals surface area contributed by atoms with Crippen LogP contribution in [0.3, 0.4) is 0 Å². The Morgan fingerprint density at radius 2 is 1.21 bits per heavy atom. The summed E-state index contributed by atoms with van der Waals surface area (Å²) in [5.74, 6) is -0.240. The summed E-state index contributed by atoms with van der Waals surface area (Å²) >= 11 is 0. The minimum Gasteiger partial charge on any atom is -0.495 e. The van der Waals surface area contributed by atoms with Crippen molar-refractivity contribution < 1.29 is 31.4 Å². The van der Waals surface area contributed by atoms with Gasteiger partial charge in [-0.3, -0.25) is 29.7 Å². The predicted molar refractivity (Wildman–Crippen MR) is 121 cm³/mol. The van der Waals surface area contributed by atoms with Crippen LogP contribution in [-0.4, -0.2) is 33.8 Å². The summed E-state index contributed by atoms with van der Waals surface area (Å²) in [6, 6.07) is 12.9. The van der Waals surface area contributed by atoms with E-state index in [0.29, 0.717) is 0 Å². The third-order valence-corrected chi connectivity index (χ3v) is 7.17. The lowest BCUT2D eigenvalue weighted by atomic mass is 10.3. The molecule has 3 aromatic rings. The minimum atomic E-state index is -4.57.